The smallest absolute Gasteiger partial charge is 0.247 e. The van der Waals surface area contributed by atoms with Crippen LogP contribution in [0.2, 0.25) is 5.02 Å². The van der Waals surface area contributed by atoms with Gasteiger partial charge < -0.3 is 14.4 Å². The molecule has 0 heterocycles. The number of benzene rings is 2. The van der Waals surface area contributed by atoms with Gasteiger partial charge in [0.1, 0.15) is 0 Å². The molecule has 0 atom stereocenters. The van der Waals surface area contributed by atoms with Gasteiger partial charge in [0.2, 0.25) is 5.91 Å². The molecule has 2 aromatic carbocycles. The quantitative estimate of drug-likeness (QED) is 0.438. The zero-order valence-electron chi connectivity index (χ0n) is 16.5. The van der Waals surface area contributed by atoms with Crippen LogP contribution in [0.3, 0.4) is 0 Å². The Hall–Kier alpha value is -3.23. The monoisotopic (exact) mass is 410 g/mol. The number of carbonyl (C=O) groups is 1. The Labute approximate surface area is 176 Å². The van der Waals surface area contributed by atoms with Gasteiger partial charge in [0.05, 0.1) is 30.4 Å². The van der Waals surface area contributed by atoms with Crippen molar-refractivity contribution in [2.24, 2.45) is 0 Å². The van der Waals surface area contributed by atoms with Crippen LogP contribution in [0.4, 0.5) is 0 Å². The summed E-state index contributed by atoms with van der Waals surface area (Å²) in [4.78, 5) is 14.3. The standard InChI is InChI=1S/C23H23ClN2O3/c1-4-12-26(16-18-8-6-17(15-25)7-9-18)22(27)11-10-19-13-20(24)23(29-5-2)21(14-19)28-3/h4,6-11,13-14H,1,5,12,16H2,2-3H3/b11-10+. The van der Waals surface area contributed by atoms with Crippen LogP contribution >= 0.6 is 11.6 Å². The van der Waals surface area contributed by atoms with Crippen LogP contribution in [0.5, 0.6) is 11.5 Å². The molecule has 0 aromatic heterocycles. The molecule has 0 fully saturated rings. The lowest BCUT2D eigenvalue weighted by Gasteiger charge is -2.19. The van der Waals surface area contributed by atoms with Gasteiger partial charge in [-0.25, -0.2) is 0 Å². The number of methoxy groups -OCH3 is 1. The van der Waals surface area contributed by atoms with Crippen LogP contribution in [-0.2, 0) is 11.3 Å². The zero-order chi connectivity index (χ0) is 21.2. The van der Waals surface area contributed by atoms with Crippen LogP contribution in [0.25, 0.3) is 6.08 Å². The summed E-state index contributed by atoms with van der Waals surface area (Å²) >= 11 is 6.28. The van der Waals surface area contributed by atoms with Crippen molar-refractivity contribution in [3.63, 3.8) is 0 Å². The molecule has 0 aliphatic carbocycles. The van der Waals surface area contributed by atoms with Crippen molar-refractivity contribution in [2.75, 3.05) is 20.3 Å². The average molecular weight is 411 g/mol. The first-order valence-electron chi connectivity index (χ1n) is 9.09. The lowest BCUT2D eigenvalue weighted by Crippen LogP contribution is -2.29. The summed E-state index contributed by atoms with van der Waals surface area (Å²) in [7, 11) is 1.54. The minimum absolute atomic E-state index is 0.168. The Bertz CT molecular complexity index is 930. The Kier molecular flexibility index (Phi) is 8.32. The van der Waals surface area contributed by atoms with Crippen molar-refractivity contribution < 1.29 is 14.3 Å². The molecule has 0 radical (unpaired) electrons. The van der Waals surface area contributed by atoms with Crippen molar-refractivity contribution in [2.45, 2.75) is 13.5 Å². The number of halogens is 1. The topological polar surface area (TPSA) is 62.6 Å². The van der Waals surface area contributed by atoms with Crippen molar-refractivity contribution in [3.8, 4) is 17.6 Å². The van der Waals surface area contributed by atoms with Crippen molar-refractivity contribution in [1.82, 2.24) is 4.90 Å². The van der Waals surface area contributed by atoms with Crippen molar-refractivity contribution in [1.29, 1.82) is 5.26 Å². The molecule has 1 amide bonds. The van der Waals surface area contributed by atoms with E-state index in [1.807, 2.05) is 19.1 Å². The summed E-state index contributed by atoms with van der Waals surface area (Å²) in [6.45, 7) is 6.87. The molecule has 0 unspecified atom stereocenters. The number of amides is 1. The van der Waals surface area contributed by atoms with E-state index in [0.29, 0.717) is 41.8 Å². The van der Waals surface area contributed by atoms with Crippen LogP contribution in [-0.4, -0.2) is 31.1 Å². The second-order valence-corrected chi connectivity index (χ2v) is 6.52. The fraction of sp³-hybridized carbons (Fsp3) is 0.217. The van der Waals surface area contributed by atoms with Crippen LogP contribution < -0.4 is 9.47 Å². The van der Waals surface area contributed by atoms with Gasteiger partial charge in [-0.05, 0) is 48.4 Å². The third kappa shape index (κ3) is 6.13. The molecule has 2 aromatic rings. The second kappa shape index (κ2) is 10.9. The van der Waals surface area contributed by atoms with Gasteiger partial charge in [0.25, 0.3) is 0 Å². The number of ether oxygens (including phenoxy) is 2. The normalized spacial score (nSPS) is 10.4. The number of hydrogen-bond donors (Lipinski definition) is 0. The van der Waals surface area contributed by atoms with Gasteiger partial charge in [0, 0.05) is 19.2 Å². The first-order chi connectivity index (χ1) is 14.0. The first-order valence-corrected chi connectivity index (χ1v) is 9.47. The molecule has 0 saturated heterocycles. The highest BCUT2D eigenvalue weighted by atomic mass is 35.5. The van der Waals surface area contributed by atoms with E-state index in [-0.39, 0.29) is 5.91 Å². The predicted molar refractivity (Wildman–Crippen MR) is 115 cm³/mol. The van der Waals surface area contributed by atoms with Crippen LogP contribution in [0.1, 0.15) is 23.6 Å². The van der Waals surface area contributed by atoms with Gasteiger partial charge >= 0.3 is 0 Å². The number of nitrogens with zero attached hydrogens (tertiary/aromatic N) is 2. The fourth-order valence-electron chi connectivity index (χ4n) is 2.69. The van der Waals surface area contributed by atoms with E-state index in [4.69, 9.17) is 26.3 Å². The third-order valence-electron chi connectivity index (χ3n) is 4.08. The Morgan fingerprint density at radius 1 is 1.31 bits per heavy atom. The molecule has 0 bridgehead atoms. The molecule has 0 N–H and O–H groups in total. The molecular weight excluding hydrogens is 388 g/mol. The maximum atomic E-state index is 12.7. The molecule has 0 spiro atoms. The van der Waals surface area contributed by atoms with Crippen molar-refractivity contribution >= 4 is 23.6 Å². The third-order valence-corrected chi connectivity index (χ3v) is 4.36. The van der Waals surface area contributed by atoms with E-state index in [2.05, 4.69) is 12.6 Å². The number of nitriles is 1. The summed E-state index contributed by atoms with van der Waals surface area (Å²) in [6.07, 6.45) is 4.84. The van der Waals surface area contributed by atoms with Gasteiger partial charge in [-0.15, -0.1) is 6.58 Å². The van der Waals surface area contributed by atoms with Gasteiger partial charge in [-0.2, -0.15) is 5.26 Å². The summed E-state index contributed by atoms with van der Waals surface area (Å²) in [5.74, 6) is 0.819. The molecule has 5 nitrogen and oxygen atoms in total. The predicted octanol–water partition coefficient (Wildman–Crippen LogP) is 4.85. The summed E-state index contributed by atoms with van der Waals surface area (Å²) in [5, 5.41) is 9.32. The van der Waals surface area contributed by atoms with Crippen molar-refractivity contribution in [3.05, 3.63) is 76.8 Å². The Balaban J connectivity index is 2.18. The van der Waals surface area contributed by atoms with E-state index in [9.17, 15) is 4.79 Å². The maximum absolute atomic E-state index is 12.7. The van der Waals surface area contributed by atoms with E-state index < -0.39 is 0 Å². The van der Waals surface area contributed by atoms with E-state index in [1.165, 1.54) is 13.2 Å². The fourth-order valence-corrected chi connectivity index (χ4v) is 2.96. The molecular formula is C23H23ClN2O3. The van der Waals surface area contributed by atoms with E-state index in [0.717, 1.165) is 11.1 Å². The Morgan fingerprint density at radius 3 is 2.62 bits per heavy atom. The molecule has 150 valence electrons. The molecule has 29 heavy (non-hydrogen) atoms. The highest BCUT2D eigenvalue weighted by Gasteiger charge is 2.12. The summed E-state index contributed by atoms with van der Waals surface area (Å²) in [5.41, 5.74) is 2.23. The maximum Gasteiger partial charge on any atom is 0.247 e. The molecule has 0 aliphatic heterocycles. The highest BCUT2D eigenvalue weighted by Crippen LogP contribution is 2.36. The zero-order valence-corrected chi connectivity index (χ0v) is 17.3. The molecule has 6 heteroatoms. The molecule has 0 saturated carbocycles. The van der Waals surface area contributed by atoms with E-state index >= 15 is 0 Å². The Morgan fingerprint density at radius 2 is 2.03 bits per heavy atom. The van der Waals surface area contributed by atoms with E-state index in [1.54, 1.807) is 41.3 Å². The summed E-state index contributed by atoms with van der Waals surface area (Å²) in [6, 6.07) is 12.7. The van der Waals surface area contributed by atoms with Crippen LogP contribution in [0, 0.1) is 11.3 Å². The number of hydrogen-bond acceptors (Lipinski definition) is 4. The summed E-state index contributed by atoms with van der Waals surface area (Å²) < 4.78 is 10.8. The lowest BCUT2D eigenvalue weighted by molar-refractivity contribution is -0.126. The highest BCUT2D eigenvalue weighted by molar-refractivity contribution is 6.32. The molecule has 2 rings (SSSR count). The SMILES string of the molecule is C=CCN(Cc1ccc(C#N)cc1)C(=O)/C=C/c1cc(Cl)c(OCC)c(OC)c1. The van der Waals surface area contributed by atoms with Gasteiger partial charge in [0.15, 0.2) is 11.5 Å². The minimum atomic E-state index is -0.168. The molecule has 0 aliphatic rings. The first kappa shape index (κ1) is 22.1. The largest absolute Gasteiger partial charge is 0.493 e. The second-order valence-electron chi connectivity index (χ2n) is 6.12. The number of rotatable bonds is 9. The lowest BCUT2D eigenvalue weighted by atomic mass is 10.1. The average Bonchev–Trinajstić information content (AvgIpc) is 2.73. The van der Waals surface area contributed by atoms with Gasteiger partial charge in [-0.3, -0.25) is 4.79 Å². The minimum Gasteiger partial charge on any atom is -0.493 e. The van der Waals surface area contributed by atoms with Crippen LogP contribution in [0.15, 0.2) is 55.1 Å². The number of carbonyl (C=O) groups excluding carboxylic acids is 1. The van der Waals surface area contributed by atoms with Gasteiger partial charge in [-0.1, -0.05) is 29.8 Å².